The SMILES string of the molecule is CCCCCCCN1CCNCc2ccccc21. The van der Waals surface area contributed by atoms with Crippen molar-refractivity contribution in [2.75, 3.05) is 24.5 Å². The van der Waals surface area contributed by atoms with E-state index >= 15 is 0 Å². The van der Waals surface area contributed by atoms with Crippen LogP contribution < -0.4 is 10.2 Å². The fourth-order valence-corrected chi connectivity index (χ4v) is 2.66. The summed E-state index contributed by atoms with van der Waals surface area (Å²) < 4.78 is 0. The number of para-hydroxylation sites is 1. The number of fused-ring (bicyclic) bond motifs is 1. The van der Waals surface area contributed by atoms with Gasteiger partial charge in [-0.2, -0.15) is 0 Å². The van der Waals surface area contributed by atoms with Crippen molar-refractivity contribution >= 4 is 5.69 Å². The van der Waals surface area contributed by atoms with Gasteiger partial charge in [-0.1, -0.05) is 50.8 Å². The molecule has 1 aliphatic heterocycles. The maximum absolute atomic E-state index is 3.50. The second kappa shape index (κ2) is 7.42. The van der Waals surface area contributed by atoms with E-state index in [1.807, 2.05) is 0 Å². The Kier molecular flexibility index (Phi) is 5.53. The summed E-state index contributed by atoms with van der Waals surface area (Å²) in [7, 11) is 0. The van der Waals surface area contributed by atoms with E-state index in [1.54, 1.807) is 0 Å². The number of rotatable bonds is 6. The fraction of sp³-hybridized carbons (Fsp3) is 0.625. The summed E-state index contributed by atoms with van der Waals surface area (Å²) in [6, 6.07) is 8.83. The standard InChI is InChI=1S/C16H26N2/c1-2-3-4-5-8-12-18-13-11-17-14-15-9-6-7-10-16(15)18/h6-7,9-10,17H,2-5,8,11-14H2,1H3. The molecular weight excluding hydrogens is 220 g/mol. The first-order valence-electron chi connectivity index (χ1n) is 7.45. The molecule has 0 radical (unpaired) electrons. The lowest BCUT2D eigenvalue weighted by Crippen LogP contribution is -2.29. The minimum Gasteiger partial charge on any atom is -0.370 e. The van der Waals surface area contributed by atoms with Gasteiger partial charge in [0.25, 0.3) is 0 Å². The van der Waals surface area contributed by atoms with Gasteiger partial charge in [0.1, 0.15) is 0 Å². The summed E-state index contributed by atoms with van der Waals surface area (Å²) in [5, 5.41) is 3.50. The van der Waals surface area contributed by atoms with Crippen molar-refractivity contribution in [2.45, 2.75) is 45.6 Å². The molecule has 0 saturated carbocycles. The minimum atomic E-state index is 1.02. The molecule has 1 aliphatic rings. The van der Waals surface area contributed by atoms with Crippen LogP contribution in [0.2, 0.25) is 0 Å². The number of anilines is 1. The first-order valence-corrected chi connectivity index (χ1v) is 7.45. The molecule has 2 heteroatoms. The second-order valence-corrected chi connectivity index (χ2v) is 5.21. The summed E-state index contributed by atoms with van der Waals surface area (Å²) in [4.78, 5) is 2.56. The predicted molar refractivity (Wildman–Crippen MR) is 79.1 cm³/mol. The van der Waals surface area contributed by atoms with Crippen molar-refractivity contribution in [3.8, 4) is 0 Å². The predicted octanol–water partition coefficient (Wildman–Crippen LogP) is 3.57. The van der Waals surface area contributed by atoms with E-state index in [2.05, 4.69) is 41.4 Å². The quantitative estimate of drug-likeness (QED) is 0.772. The minimum absolute atomic E-state index is 1.02. The monoisotopic (exact) mass is 246 g/mol. The van der Waals surface area contributed by atoms with Gasteiger partial charge in [-0.05, 0) is 18.1 Å². The third kappa shape index (κ3) is 3.74. The highest BCUT2D eigenvalue weighted by Crippen LogP contribution is 2.22. The molecule has 18 heavy (non-hydrogen) atoms. The number of benzene rings is 1. The molecule has 100 valence electrons. The highest BCUT2D eigenvalue weighted by atomic mass is 15.2. The normalized spacial score (nSPS) is 15.3. The maximum Gasteiger partial charge on any atom is 0.0412 e. The van der Waals surface area contributed by atoms with Crippen LogP contribution in [0.15, 0.2) is 24.3 Å². The number of hydrogen-bond donors (Lipinski definition) is 1. The Bertz CT molecular complexity index is 349. The van der Waals surface area contributed by atoms with Crippen LogP contribution in [0.5, 0.6) is 0 Å². The summed E-state index contributed by atoms with van der Waals surface area (Å²) in [5.41, 5.74) is 2.89. The molecular formula is C16H26N2. The highest BCUT2D eigenvalue weighted by Gasteiger charge is 2.13. The van der Waals surface area contributed by atoms with Gasteiger partial charge >= 0.3 is 0 Å². The van der Waals surface area contributed by atoms with Gasteiger partial charge in [-0.25, -0.2) is 0 Å². The molecule has 0 bridgehead atoms. The Labute approximate surface area is 111 Å². The molecule has 0 atom stereocenters. The lowest BCUT2D eigenvalue weighted by atomic mass is 10.1. The summed E-state index contributed by atoms with van der Waals surface area (Å²) in [5.74, 6) is 0. The van der Waals surface area contributed by atoms with Crippen molar-refractivity contribution in [3.05, 3.63) is 29.8 Å². The average molecular weight is 246 g/mol. The Morgan fingerprint density at radius 1 is 1.11 bits per heavy atom. The number of hydrogen-bond acceptors (Lipinski definition) is 2. The van der Waals surface area contributed by atoms with E-state index in [0.29, 0.717) is 0 Å². The summed E-state index contributed by atoms with van der Waals surface area (Å²) >= 11 is 0. The van der Waals surface area contributed by atoms with Crippen LogP contribution in [0.1, 0.15) is 44.6 Å². The molecule has 1 aromatic rings. The van der Waals surface area contributed by atoms with Crippen LogP contribution in [0.3, 0.4) is 0 Å². The average Bonchev–Trinajstić information content (AvgIpc) is 2.61. The summed E-state index contributed by atoms with van der Waals surface area (Å²) in [6.07, 6.45) is 6.81. The van der Waals surface area contributed by atoms with Gasteiger partial charge in [0, 0.05) is 31.9 Å². The van der Waals surface area contributed by atoms with Crippen LogP contribution in [0.25, 0.3) is 0 Å². The molecule has 0 spiro atoms. The van der Waals surface area contributed by atoms with Gasteiger partial charge in [-0.3, -0.25) is 0 Å². The molecule has 0 amide bonds. The zero-order valence-corrected chi connectivity index (χ0v) is 11.6. The maximum atomic E-state index is 3.50. The molecule has 0 saturated heterocycles. The van der Waals surface area contributed by atoms with Gasteiger partial charge in [0.05, 0.1) is 0 Å². The zero-order chi connectivity index (χ0) is 12.6. The van der Waals surface area contributed by atoms with Crippen LogP contribution in [-0.4, -0.2) is 19.6 Å². The second-order valence-electron chi connectivity index (χ2n) is 5.21. The molecule has 1 aromatic carbocycles. The molecule has 2 rings (SSSR count). The first-order chi connectivity index (χ1) is 8.92. The lowest BCUT2D eigenvalue weighted by Gasteiger charge is -2.24. The summed E-state index contributed by atoms with van der Waals surface area (Å²) in [6.45, 7) is 6.75. The van der Waals surface area contributed by atoms with Crippen molar-refractivity contribution in [3.63, 3.8) is 0 Å². The van der Waals surface area contributed by atoms with Gasteiger partial charge in [0.15, 0.2) is 0 Å². The zero-order valence-electron chi connectivity index (χ0n) is 11.6. The van der Waals surface area contributed by atoms with Crippen LogP contribution >= 0.6 is 0 Å². The molecule has 2 nitrogen and oxygen atoms in total. The van der Waals surface area contributed by atoms with Crippen LogP contribution in [-0.2, 0) is 6.54 Å². The van der Waals surface area contributed by atoms with Crippen LogP contribution in [0.4, 0.5) is 5.69 Å². The van der Waals surface area contributed by atoms with Crippen LogP contribution in [0, 0.1) is 0 Å². The van der Waals surface area contributed by atoms with E-state index in [0.717, 1.165) is 19.6 Å². The first kappa shape index (κ1) is 13.4. The number of unbranched alkanes of at least 4 members (excludes halogenated alkanes) is 4. The third-order valence-electron chi connectivity index (χ3n) is 3.74. The molecule has 0 unspecified atom stereocenters. The Morgan fingerprint density at radius 2 is 1.94 bits per heavy atom. The van der Waals surface area contributed by atoms with Crippen molar-refractivity contribution in [2.24, 2.45) is 0 Å². The molecule has 0 aromatic heterocycles. The number of nitrogens with zero attached hydrogens (tertiary/aromatic N) is 1. The Morgan fingerprint density at radius 3 is 2.83 bits per heavy atom. The lowest BCUT2D eigenvalue weighted by molar-refractivity contribution is 0.612. The van der Waals surface area contributed by atoms with E-state index in [-0.39, 0.29) is 0 Å². The molecule has 1 N–H and O–H groups in total. The largest absolute Gasteiger partial charge is 0.370 e. The van der Waals surface area contributed by atoms with Crippen molar-refractivity contribution in [1.82, 2.24) is 5.32 Å². The third-order valence-corrected chi connectivity index (χ3v) is 3.74. The van der Waals surface area contributed by atoms with Gasteiger partial charge in [0.2, 0.25) is 0 Å². The Balaban J connectivity index is 1.88. The van der Waals surface area contributed by atoms with E-state index in [9.17, 15) is 0 Å². The van der Waals surface area contributed by atoms with E-state index < -0.39 is 0 Å². The van der Waals surface area contributed by atoms with Gasteiger partial charge in [-0.15, -0.1) is 0 Å². The van der Waals surface area contributed by atoms with Gasteiger partial charge < -0.3 is 10.2 Å². The van der Waals surface area contributed by atoms with E-state index in [1.165, 1.54) is 49.9 Å². The van der Waals surface area contributed by atoms with Crippen molar-refractivity contribution < 1.29 is 0 Å². The smallest absolute Gasteiger partial charge is 0.0412 e. The highest BCUT2D eigenvalue weighted by molar-refractivity contribution is 5.54. The molecule has 1 heterocycles. The molecule has 0 fully saturated rings. The van der Waals surface area contributed by atoms with E-state index in [4.69, 9.17) is 0 Å². The molecule has 0 aliphatic carbocycles. The number of nitrogens with one attached hydrogen (secondary N) is 1. The topological polar surface area (TPSA) is 15.3 Å². The van der Waals surface area contributed by atoms with Crippen molar-refractivity contribution in [1.29, 1.82) is 0 Å². The fourth-order valence-electron chi connectivity index (χ4n) is 2.66. The Hall–Kier alpha value is -1.02.